The van der Waals surface area contributed by atoms with Gasteiger partial charge in [0, 0.05) is 12.5 Å². The second-order valence-electron chi connectivity index (χ2n) is 7.82. The van der Waals surface area contributed by atoms with Gasteiger partial charge in [-0.3, -0.25) is 4.79 Å². The minimum absolute atomic E-state index is 0.122. The number of nitrogens with one attached hydrogen (secondary N) is 2. The Bertz CT molecular complexity index is 1170. The van der Waals surface area contributed by atoms with Crippen molar-refractivity contribution in [3.05, 3.63) is 89.5 Å². The molecule has 0 aromatic heterocycles. The molecule has 8 heteroatoms. The minimum atomic E-state index is -3.66. The Labute approximate surface area is 201 Å². The molecule has 0 radical (unpaired) electrons. The van der Waals surface area contributed by atoms with E-state index in [-0.39, 0.29) is 29.8 Å². The molecule has 0 unspecified atom stereocenters. The standard InChI is InChI=1S/C26H30N2O5S/c1-19(21-8-5-4-6-9-21)28-34(30,31)22-15-12-20(13-16-22)14-17-26(29)27-18-23-24(32-2)10-7-11-25(23)33-3/h4-13,15-16,19,28H,14,17-18H2,1-3H3,(H,27,29)/t19-/m0/s1. The van der Waals surface area contributed by atoms with Gasteiger partial charge in [-0.1, -0.05) is 48.5 Å². The van der Waals surface area contributed by atoms with Gasteiger partial charge in [-0.05, 0) is 48.7 Å². The SMILES string of the molecule is COc1cccc(OC)c1CNC(=O)CCc1ccc(S(=O)(=O)N[C@@H](C)c2ccccc2)cc1. The lowest BCUT2D eigenvalue weighted by Gasteiger charge is -2.15. The number of sulfonamides is 1. The summed E-state index contributed by atoms with van der Waals surface area (Å²) in [5.41, 5.74) is 2.53. The molecule has 3 rings (SSSR count). The van der Waals surface area contributed by atoms with Gasteiger partial charge in [0.25, 0.3) is 0 Å². The molecule has 3 aromatic carbocycles. The van der Waals surface area contributed by atoms with E-state index in [1.165, 1.54) is 0 Å². The summed E-state index contributed by atoms with van der Waals surface area (Å²) in [5.74, 6) is 1.17. The summed E-state index contributed by atoms with van der Waals surface area (Å²) in [6.07, 6.45) is 0.760. The van der Waals surface area contributed by atoms with Gasteiger partial charge >= 0.3 is 0 Å². The highest BCUT2D eigenvalue weighted by Crippen LogP contribution is 2.28. The van der Waals surface area contributed by atoms with E-state index in [9.17, 15) is 13.2 Å². The van der Waals surface area contributed by atoms with Crippen molar-refractivity contribution in [3.63, 3.8) is 0 Å². The Morgan fingerprint density at radius 2 is 1.50 bits per heavy atom. The number of benzene rings is 3. The molecular formula is C26H30N2O5S. The Morgan fingerprint density at radius 3 is 2.09 bits per heavy atom. The second-order valence-corrected chi connectivity index (χ2v) is 9.53. The Balaban J connectivity index is 1.54. The van der Waals surface area contributed by atoms with Crippen LogP contribution in [0.5, 0.6) is 11.5 Å². The predicted molar refractivity (Wildman–Crippen MR) is 131 cm³/mol. The fourth-order valence-electron chi connectivity index (χ4n) is 3.58. The number of carbonyl (C=O) groups excluding carboxylic acids is 1. The molecule has 7 nitrogen and oxygen atoms in total. The molecular weight excluding hydrogens is 452 g/mol. The summed E-state index contributed by atoms with van der Waals surface area (Å²) in [7, 11) is -0.519. The molecule has 0 heterocycles. The second kappa shape index (κ2) is 11.7. The van der Waals surface area contributed by atoms with E-state index in [2.05, 4.69) is 10.0 Å². The Kier molecular flexibility index (Phi) is 8.67. The van der Waals surface area contributed by atoms with Crippen molar-refractivity contribution >= 4 is 15.9 Å². The van der Waals surface area contributed by atoms with E-state index in [0.717, 1.165) is 16.7 Å². The fourth-order valence-corrected chi connectivity index (χ4v) is 4.81. The first-order valence-corrected chi connectivity index (χ1v) is 12.4. The van der Waals surface area contributed by atoms with Gasteiger partial charge in [0.1, 0.15) is 11.5 Å². The Hall–Kier alpha value is -3.36. The van der Waals surface area contributed by atoms with E-state index in [4.69, 9.17) is 9.47 Å². The third-order valence-corrected chi connectivity index (χ3v) is 7.05. The molecule has 0 aliphatic rings. The maximum absolute atomic E-state index is 12.7. The van der Waals surface area contributed by atoms with Gasteiger partial charge in [-0.2, -0.15) is 0 Å². The molecule has 0 saturated heterocycles. The first-order valence-electron chi connectivity index (χ1n) is 11.0. The van der Waals surface area contributed by atoms with Gasteiger partial charge < -0.3 is 14.8 Å². The van der Waals surface area contributed by atoms with Crippen molar-refractivity contribution < 1.29 is 22.7 Å². The molecule has 34 heavy (non-hydrogen) atoms. The third-order valence-electron chi connectivity index (χ3n) is 5.50. The van der Waals surface area contributed by atoms with Gasteiger partial charge in [0.15, 0.2) is 0 Å². The summed E-state index contributed by atoms with van der Waals surface area (Å²) in [4.78, 5) is 12.6. The maximum Gasteiger partial charge on any atom is 0.241 e. The van der Waals surface area contributed by atoms with Gasteiger partial charge in [-0.25, -0.2) is 13.1 Å². The van der Waals surface area contributed by atoms with E-state index < -0.39 is 10.0 Å². The zero-order valence-corrected chi connectivity index (χ0v) is 20.4. The number of hydrogen-bond donors (Lipinski definition) is 2. The number of rotatable bonds is 11. The number of amides is 1. The normalized spacial score (nSPS) is 12.1. The minimum Gasteiger partial charge on any atom is -0.496 e. The van der Waals surface area contributed by atoms with Crippen LogP contribution in [0.25, 0.3) is 0 Å². The lowest BCUT2D eigenvalue weighted by molar-refractivity contribution is -0.121. The monoisotopic (exact) mass is 482 g/mol. The molecule has 0 saturated carbocycles. The molecule has 1 amide bonds. The van der Waals surface area contributed by atoms with Crippen LogP contribution in [-0.2, 0) is 27.8 Å². The highest BCUT2D eigenvalue weighted by atomic mass is 32.2. The van der Waals surface area contributed by atoms with Crippen LogP contribution in [0.15, 0.2) is 77.7 Å². The molecule has 0 bridgehead atoms. The molecule has 0 spiro atoms. The van der Waals surface area contributed by atoms with Crippen molar-refractivity contribution in [3.8, 4) is 11.5 Å². The van der Waals surface area contributed by atoms with E-state index in [0.29, 0.717) is 17.9 Å². The largest absolute Gasteiger partial charge is 0.496 e. The first kappa shape index (κ1) is 25.3. The summed E-state index contributed by atoms with van der Waals surface area (Å²) >= 11 is 0. The van der Waals surface area contributed by atoms with E-state index in [1.807, 2.05) is 48.5 Å². The lowest BCUT2D eigenvalue weighted by Crippen LogP contribution is -2.26. The third kappa shape index (κ3) is 6.59. The fraction of sp³-hybridized carbons (Fsp3) is 0.269. The smallest absolute Gasteiger partial charge is 0.241 e. The van der Waals surface area contributed by atoms with Crippen LogP contribution in [0.1, 0.15) is 36.1 Å². The zero-order chi connectivity index (χ0) is 24.6. The molecule has 0 fully saturated rings. The number of methoxy groups -OCH3 is 2. The molecule has 1 atom stereocenters. The van der Waals surface area contributed by atoms with E-state index in [1.54, 1.807) is 45.4 Å². The topological polar surface area (TPSA) is 93.7 Å². The predicted octanol–water partition coefficient (Wildman–Crippen LogP) is 3.99. The van der Waals surface area contributed by atoms with Crippen LogP contribution < -0.4 is 19.5 Å². The van der Waals surface area contributed by atoms with E-state index >= 15 is 0 Å². The maximum atomic E-state index is 12.7. The zero-order valence-electron chi connectivity index (χ0n) is 19.6. The molecule has 0 aliphatic carbocycles. The summed E-state index contributed by atoms with van der Waals surface area (Å²) in [5, 5.41) is 2.89. The molecule has 0 aliphatic heterocycles. The van der Waals surface area contributed by atoms with Crippen LogP contribution in [-0.4, -0.2) is 28.5 Å². The summed E-state index contributed by atoms with van der Waals surface area (Å²) < 4.78 is 38.8. The van der Waals surface area contributed by atoms with Crippen molar-refractivity contribution in [2.45, 2.75) is 37.2 Å². The first-order chi connectivity index (χ1) is 16.3. The summed E-state index contributed by atoms with van der Waals surface area (Å²) in [6, 6.07) is 21.1. The van der Waals surface area contributed by atoms with Crippen LogP contribution in [0.4, 0.5) is 0 Å². The molecule has 180 valence electrons. The highest BCUT2D eigenvalue weighted by Gasteiger charge is 2.18. The number of ether oxygens (including phenoxy) is 2. The quantitative estimate of drug-likeness (QED) is 0.431. The van der Waals surface area contributed by atoms with Crippen LogP contribution in [0, 0.1) is 0 Å². The van der Waals surface area contributed by atoms with Crippen LogP contribution >= 0.6 is 0 Å². The van der Waals surface area contributed by atoms with Crippen molar-refractivity contribution in [2.24, 2.45) is 0 Å². The van der Waals surface area contributed by atoms with Crippen molar-refractivity contribution in [2.75, 3.05) is 14.2 Å². The average Bonchev–Trinajstić information content (AvgIpc) is 2.86. The van der Waals surface area contributed by atoms with Gasteiger partial charge in [-0.15, -0.1) is 0 Å². The number of carbonyl (C=O) groups is 1. The van der Waals surface area contributed by atoms with Crippen molar-refractivity contribution in [1.82, 2.24) is 10.0 Å². The van der Waals surface area contributed by atoms with Gasteiger partial charge in [0.2, 0.25) is 15.9 Å². The Morgan fingerprint density at radius 1 is 0.882 bits per heavy atom. The lowest BCUT2D eigenvalue weighted by atomic mass is 10.1. The number of hydrogen-bond acceptors (Lipinski definition) is 5. The average molecular weight is 483 g/mol. The van der Waals surface area contributed by atoms with Crippen LogP contribution in [0.3, 0.4) is 0 Å². The van der Waals surface area contributed by atoms with Gasteiger partial charge in [0.05, 0.1) is 31.2 Å². The molecule has 2 N–H and O–H groups in total. The molecule has 3 aromatic rings. The van der Waals surface area contributed by atoms with Crippen molar-refractivity contribution in [1.29, 1.82) is 0 Å². The highest BCUT2D eigenvalue weighted by molar-refractivity contribution is 7.89. The van der Waals surface area contributed by atoms with Crippen LogP contribution in [0.2, 0.25) is 0 Å². The summed E-state index contributed by atoms with van der Waals surface area (Å²) in [6.45, 7) is 2.09. The number of aryl methyl sites for hydroxylation is 1.